The summed E-state index contributed by atoms with van der Waals surface area (Å²) < 4.78 is 11.1. The number of ether oxygens (including phenoxy) is 2. The van der Waals surface area contributed by atoms with E-state index in [4.69, 9.17) is 9.47 Å². The Bertz CT molecular complexity index is 355. The second kappa shape index (κ2) is 8.77. The van der Waals surface area contributed by atoms with Crippen LogP contribution in [0.4, 0.5) is 0 Å². The second-order valence-corrected chi connectivity index (χ2v) is 4.90. The molecular weight excluding hydrogens is 242 g/mol. The fourth-order valence-electron chi connectivity index (χ4n) is 1.63. The molecule has 0 aliphatic heterocycles. The van der Waals surface area contributed by atoms with Gasteiger partial charge in [-0.05, 0) is 31.5 Å². The normalized spacial score (nSPS) is 12.5. The Hall–Kier alpha value is -1.26. The van der Waals surface area contributed by atoms with Gasteiger partial charge in [0.05, 0.1) is 6.61 Å². The fourth-order valence-corrected chi connectivity index (χ4v) is 1.63. The summed E-state index contributed by atoms with van der Waals surface area (Å²) in [5.74, 6) is 1.96. The minimum Gasteiger partial charge on any atom is -0.490 e. The maximum absolute atomic E-state index is 9.82. The van der Waals surface area contributed by atoms with Gasteiger partial charge in [0.2, 0.25) is 0 Å². The highest BCUT2D eigenvalue weighted by molar-refractivity contribution is 5.39. The van der Waals surface area contributed by atoms with Gasteiger partial charge in [0.25, 0.3) is 0 Å². The lowest BCUT2D eigenvalue weighted by Crippen LogP contribution is -2.33. The summed E-state index contributed by atoms with van der Waals surface area (Å²) in [6.07, 6.45) is -0.520. The lowest BCUT2D eigenvalue weighted by molar-refractivity contribution is 0.103. The van der Waals surface area contributed by atoms with E-state index in [1.54, 1.807) is 0 Å². The van der Waals surface area contributed by atoms with Gasteiger partial charge in [0, 0.05) is 6.54 Å². The van der Waals surface area contributed by atoms with Crippen LogP contribution in [0.2, 0.25) is 0 Å². The lowest BCUT2D eigenvalue weighted by Gasteiger charge is -2.16. The molecule has 1 rings (SSSR count). The van der Waals surface area contributed by atoms with E-state index in [0.717, 1.165) is 6.54 Å². The standard InChI is InChI=1S/C15H25NO3/c1-4-18-14-7-5-6-8-15(14)19-11-13(17)10-16-9-12(2)3/h5-8,12-13,16-17H,4,9-11H2,1-3H3/t13-/m0/s1. The van der Waals surface area contributed by atoms with Gasteiger partial charge < -0.3 is 19.9 Å². The summed E-state index contributed by atoms with van der Waals surface area (Å²) in [4.78, 5) is 0. The van der Waals surface area contributed by atoms with Gasteiger partial charge in [0.1, 0.15) is 12.7 Å². The molecule has 1 atom stereocenters. The highest BCUT2D eigenvalue weighted by Crippen LogP contribution is 2.26. The van der Waals surface area contributed by atoms with Gasteiger partial charge in [-0.1, -0.05) is 26.0 Å². The first-order valence-electron chi connectivity index (χ1n) is 6.86. The zero-order chi connectivity index (χ0) is 14.1. The first-order valence-corrected chi connectivity index (χ1v) is 6.86. The fraction of sp³-hybridized carbons (Fsp3) is 0.600. The average Bonchev–Trinajstić information content (AvgIpc) is 2.37. The van der Waals surface area contributed by atoms with Crippen LogP contribution in [-0.2, 0) is 0 Å². The molecule has 0 radical (unpaired) electrons. The highest BCUT2D eigenvalue weighted by atomic mass is 16.5. The Morgan fingerprint density at radius 1 is 1.11 bits per heavy atom. The molecule has 0 aromatic heterocycles. The monoisotopic (exact) mass is 267 g/mol. The van der Waals surface area contributed by atoms with Crippen LogP contribution in [0.1, 0.15) is 20.8 Å². The summed E-state index contributed by atoms with van der Waals surface area (Å²) >= 11 is 0. The predicted octanol–water partition coefficient (Wildman–Crippen LogP) is 2.07. The van der Waals surface area contributed by atoms with E-state index in [1.165, 1.54) is 0 Å². The first-order chi connectivity index (χ1) is 9.13. The topological polar surface area (TPSA) is 50.7 Å². The van der Waals surface area contributed by atoms with Crippen molar-refractivity contribution in [2.45, 2.75) is 26.9 Å². The van der Waals surface area contributed by atoms with Crippen LogP contribution in [0.25, 0.3) is 0 Å². The molecule has 4 heteroatoms. The van der Waals surface area contributed by atoms with E-state index in [-0.39, 0.29) is 6.61 Å². The Morgan fingerprint density at radius 3 is 2.32 bits per heavy atom. The molecule has 0 bridgehead atoms. The number of para-hydroxylation sites is 2. The Balaban J connectivity index is 2.35. The number of hydrogen-bond donors (Lipinski definition) is 2. The van der Waals surface area contributed by atoms with Gasteiger partial charge in [-0.15, -0.1) is 0 Å². The Labute approximate surface area is 115 Å². The van der Waals surface area contributed by atoms with Crippen molar-refractivity contribution in [2.24, 2.45) is 5.92 Å². The van der Waals surface area contributed by atoms with Gasteiger partial charge in [0.15, 0.2) is 11.5 Å². The molecule has 0 spiro atoms. The number of aliphatic hydroxyl groups excluding tert-OH is 1. The molecule has 108 valence electrons. The van der Waals surface area contributed by atoms with Gasteiger partial charge >= 0.3 is 0 Å². The zero-order valence-corrected chi connectivity index (χ0v) is 12.1. The minimum absolute atomic E-state index is 0.259. The third-order valence-electron chi connectivity index (χ3n) is 2.51. The van der Waals surface area contributed by atoms with Crippen molar-refractivity contribution >= 4 is 0 Å². The van der Waals surface area contributed by atoms with E-state index in [0.29, 0.717) is 30.6 Å². The van der Waals surface area contributed by atoms with Crippen LogP contribution in [0, 0.1) is 5.92 Å². The van der Waals surface area contributed by atoms with E-state index < -0.39 is 6.10 Å². The molecule has 4 nitrogen and oxygen atoms in total. The molecule has 1 aromatic rings. The van der Waals surface area contributed by atoms with E-state index >= 15 is 0 Å². The van der Waals surface area contributed by atoms with Crippen molar-refractivity contribution in [3.05, 3.63) is 24.3 Å². The Morgan fingerprint density at radius 2 is 1.74 bits per heavy atom. The van der Waals surface area contributed by atoms with E-state index in [2.05, 4.69) is 19.2 Å². The maximum atomic E-state index is 9.82. The molecule has 0 aliphatic carbocycles. The van der Waals surface area contributed by atoms with Crippen LogP contribution >= 0.6 is 0 Å². The summed E-state index contributed by atoms with van der Waals surface area (Å²) in [7, 11) is 0. The second-order valence-electron chi connectivity index (χ2n) is 4.90. The Kier molecular flexibility index (Phi) is 7.30. The summed E-state index contributed by atoms with van der Waals surface area (Å²) in [6, 6.07) is 7.50. The van der Waals surface area contributed by atoms with E-state index in [1.807, 2.05) is 31.2 Å². The molecular formula is C15H25NO3. The van der Waals surface area contributed by atoms with Crippen LogP contribution in [0.15, 0.2) is 24.3 Å². The number of rotatable bonds is 9. The molecule has 0 unspecified atom stereocenters. The van der Waals surface area contributed by atoms with Crippen molar-refractivity contribution in [1.29, 1.82) is 0 Å². The van der Waals surface area contributed by atoms with Crippen molar-refractivity contribution in [2.75, 3.05) is 26.3 Å². The quantitative estimate of drug-likeness (QED) is 0.719. The highest BCUT2D eigenvalue weighted by Gasteiger charge is 2.08. The number of nitrogens with one attached hydrogen (secondary N) is 1. The molecule has 2 N–H and O–H groups in total. The molecule has 1 aromatic carbocycles. The van der Waals surface area contributed by atoms with Gasteiger partial charge in [-0.2, -0.15) is 0 Å². The molecule has 19 heavy (non-hydrogen) atoms. The molecule has 0 saturated heterocycles. The third kappa shape index (κ3) is 6.45. The average molecular weight is 267 g/mol. The zero-order valence-electron chi connectivity index (χ0n) is 12.1. The van der Waals surface area contributed by atoms with Crippen LogP contribution in [0.3, 0.4) is 0 Å². The predicted molar refractivity (Wildman–Crippen MR) is 76.8 cm³/mol. The van der Waals surface area contributed by atoms with Crippen molar-refractivity contribution in [1.82, 2.24) is 5.32 Å². The minimum atomic E-state index is -0.520. The number of benzene rings is 1. The lowest BCUT2D eigenvalue weighted by atomic mass is 10.2. The van der Waals surface area contributed by atoms with Crippen molar-refractivity contribution < 1.29 is 14.6 Å². The maximum Gasteiger partial charge on any atom is 0.161 e. The van der Waals surface area contributed by atoms with Gasteiger partial charge in [-0.25, -0.2) is 0 Å². The number of hydrogen-bond acceptors (Lipinski definition) is 4. The molecule has 0 heterocycles. The van der Waals surface area contributed by atoms with Crippen molar-refractivity contribution in [3.63, 3.8) is 0 Å². The number of aliphatic hydroxyl groups is 1. The third-order valence-corrected chi connectivity index (χ3v) is 2.51. The van der Waals surface area contributed by atoms with Crippen LogP contribution in [0.5, 0.6) is 11.5 Å². The molecule has 0 saturated carbocycles. The first kappa shape index (κ1) is 15.8. The SMILES string of the molecule is CCOc1ccccc1OC[C@@H](O)CNCC(C)C. The van der Waals surface area contributed by atoms with E-state index in [9.17, 15) is 5.11 Å². The van der Waals surface area contributed by atoms with Crippen LogP contribution < -0.4 is 14.8 Å². The van der Waals surface area contributed by atoms with Gasteiger partial charge in [-0.3, -0.25) is 0 Å². The van der Waals surface area contributed by atoms with Crippen LogP contribution in [-0.4, -0.2) is 37.5 Å². The largest absolute Gasteiger partial charge is 0.490 e. The molecule has 0 amide bonds. The smallest absolute Gasteiger partial charge is 0.161 e. The molecule has 0 aliphatic rings. The molecule has 0 fully saturated rings. The summed E-state index contributed by atoms with van der Waals surface area (Å²) in [5.41, 5.74) is 0. The summed E-state index contributed by atoms with van der Waals surface area (Å²) in [6.45, 7) is 8.49. The van der Waals surface area contributed by atoms with Crippen molar-refractivity contribution in [3.8, 4) is 11.5 Å². The summed E-state index contributed by atoms with van der Waals surface area (Å²) in [5, 5.41) is 13.0.